The minimum absolute atomic E-state index is 0.0843. The molecule has 0 saturated heterocycles. The van der Waals surface area contributed by atoms with Gasteiger partial charge in [-0.3, -0.25) is 4.79 Å². The molecule has 4 nitrogen and oxygen atoms in total. The standard InChI is InChI=1S/C18H28N2O2/c1-13(2)12-22-17-9-4-3-6-15(17)11-20-18(21)10-14-7-5-8-16(14)19/h3-4,6,9,13-14,16H,5,7-8,10-12,19H2,1-2H3,(H,20,21)/t14-,16+/m0/s1. The molecule has 1 fully saturated rings. The maximum absolute atomic E-state index is 12.1. The van der Waals surface area contributed by atoms with Gasteiger partial charge in [0.1, 0.15) is 5.75 Å². The molecular weight excluding hydrogens is 276 g/mol. The van der Waals surface area contributed by atoms with E-state index in [-0.39, 0.29) is 11.9 Å². The first kappa shape index (κ1) is 16.8. The summed E-state index contributed by atoms with van der Waals surface area (Å²) in [6.07, 6.45) is 3.80. The van der Waals surface area contributed by atoms with Crippen LogP contribution >= 0.6 is 0 Å². The molecule has 1 aliphatic rings. The van der Waals surface area contributed by atoms with Crippen LogP contribution in [0.3, 0.4) is 0 Å². The van der Waals surface area contributed by atoms with Gasteiger partial charge < -0.3 is 15.8 Å². The summed E-state index contributed by atoms with van der Waals surface area (Å²) in [5.41, 5.74) is 7.05. The molecule has 0 aliphatic heterocycles. The minimum Gasteiger partial charge on any atom is -0.493 e. The second-order valence-corrected chi connectivity index (χ2v) is 6.65. The molecule has 0 unspecified atom stereocenters. The lowest BCUT2D eigenvalue weighted by Gasteiger charge is -2.16. The fraction of sp³-hybridized carbons (Fsp3) is 0.611. The SMILES string of the molecule is CC(C)COc1ccccc1CNC(=O)C[C@@H]1CCC[C@H]1N. The summed E-state index contributed by atoms with van der Waals surface area (Å²) < 4.78 is 5.81. The largest absolute Gasteiger partial charge is 0.493 e. The number of carbonyl (C=O) groups excluding carboxylic acids is 1. The quantitative estimate of drug-likeness (QED) is 0.814. The number of amides is 1. The van der Waals surface area contributed by atoms with Crippen LogP contribution in [0.25, 0.3) is 0 Å². The topological polar surface area (TPSA) is 64.3 Å². The molecule has 0 spiro atoms. The van der Waals surface area contributed by atoms with E-state index < -0.39 is 0 Å². The van der Waals surface area contributed by atoms with Crippen LogP contribution in [-0.2, 0) is 11.3 Å². The van der Waals surface area contributed by atoms with Crippen LogP contribution in [-0.4, -0.2) is 18.6 Å². The van der Waals surface area contributed by atoms with Crippen molar-refractivity contribution < 1.29 is 9.53 Å². The Morgan fingerprint density at radius 1 is 1.36 bits per heavy atom. The molecule has 1 saturated carbocycles. The number of benzene rings is 1. The molecule has 1 aromatic carbocycles. The van der Waals surface area contributed by atoms with Crippen LogP contribution < -0.4 is 15.8 Å². The average Bonchev–Trinajstić information content (AvgIpc) is 2.89. The molecule has 3 N–H and O–H groups in total. The van der Waals surface area contributed by atoms with Crippen molar-refractivity contribution in [1.82, 2.24) is 5.32 Å². The van der Waals surface area contributed by atoms with Gasteiger partial charge in [0.05, 0.1) is 6.61 Å². The first-order valence-corrected chi connectivity index (χ1v) is 8.29. The van der Waals surface area contributed by atoms with E-state index in [1.807, 2.05) is 24.3 Å². The number of ether oxygens (including phenoxy) is 1. The summed E-state index contributed by atoms with van der Waals surface area (Å²) in [7, 11) is 0. The normalized spacial score (nSPS) is 21.1. The number of hydrogen-bond donors (Lipinski definition) is 2. The van der Waals surface area contributed by atoms with Crippen LogP contribution in [0.1, 0.15) is 45.1 Å². The van der Waals surface area contributed by atoms with Crippen LogP contribution in [0.5, 0.6) is 5.75 Å². The zero-order chi connectivity index (χ0) is 15.9. The van der Waals surface area contributed by atoms with E-state index >= 15 is 0 Å². The van der Waals surface area contributed by atoms with Crippen molar-refractivity contribution in [3.05, 3.63) is 29.8 Å². The van der Waals surface area contributed by atoms with Gasteiger partial charge in [0.2, 0.25) is 5.91 Å². The van der Waals surface area contributed by atoms with Gasteiger partial charge in [-0.25, -0.2) is 0 Å². The van der Waals surface area contributed by atoms with E-state index in [0.717, 1.165) is 30.6 Å². The summed E-state index contributed by atoms with van der Waals surface area (Å²) in [5.74, 6) is 1.76. The lowest BCUT2D eigenvalue weighted by atomic mass is 10.00. The molecule has 1 amide bonds. The molecule has 0 bridgehead atoms. The number of carbonyl (C=O) groups is 1. The summed E-state index contributed by atoms with van der Waals surface area (Å²) in [6.45, 7) is 5.43. The molecule has 1 aliphatic carbocycles. The van der Waals surface area contributed by atoms with Crippen LogP contribution in [0.2, 0.25) is 0 Å². The molecule has 0 radical (unpaired) electrons. The van der Waals surface area contributed by atoms with E-state index in [1.165, 1.54) is 0 Å². The van der Waals surface area contributed by atoms with Gasteiger partial charge in [-0.1, -0.05) is 38.5 Å². The Labute approximate surface area is 133 Å². The monoisotopic (exact) mass is 304 g/mol. The fourth-order valence-electron chi connectivity index (χ4n) is 2.87. The molecule has 122 valence electrons. The van der Waals surface area contributed by atoms with Gasteiger partial charge >= 0.3 is 0 Å². The highest BCUT2D eigenvalue weighted by atomic mass is 16.5. The zero-order valence-corrected chi connectivity index (χ0v) is 13.7. The Morgan fingerprint density at radius 3 is 2.82 bits per heavy atom. The predicted molar refractivity (Wildman–Crippen MR) is 88.6 cm³/mol. The summed E-state index contributed by atoms with van der Waals surface area (Å²) in [5, 5.41) is 3.00. The second kappa shape index (κ2) is 8.18. The number of para-hydroxylation sites is 1. The van der Waals surface area contributed by atoms with E-state index in [4.69, 9.17) is 10.5 Å². The molecule has 0 aromatic heterocycles. The maximum atomic E-state index is 12.1. The predicted octanol–water partition coefficient (Wildman–Crippen LogP) is 2.86. The van der Waals surface area contributed by atoms with Gasteiger partial charge in [-0.2, -0.15) is 0 Å². The summed E-state index contributed by atoms with van der Waals surface area (Å²) in [6, 6.07) is 8.07. The summed E-state index contributed by atoms with van der Waals surface area (Å²) in [4.78, 5) is 12.1. The summed E-state index contributed by atoms with van der Waals surface area (Å²) >= 11 is 0. The van der Waals surface area contributed by atoms with E-state index in [2.05, 4.69) is 19.2 Å². The van der Waals surface area contributed by atoms with Crippen molar-refractivity contribution in [2.75, 3.05) is 6.61 Å². The number of nitrogens with two attached hydrogens (primary N) is 1. The molecule has 1 aromatic rings. The fourth-order valence-corrected chi connectivity index (χ4v) is 2.87. The Bertz CT molecular complexity index is 488. The number of hydrogen-bond acceptors (Lipinski definition) is 3. The highest BCUT2D eigenvalue weighted by Crippen LogP contribution is 2.26. The third-order valence-corrected chi connectivity index (χ3v) is 4.19. The van der Waals surface area contributed by atoms with Crippen molar-refractivity contribution in [1.29, 1.82) is 0 Å². The zero-order valence-electron chi connectivity index (χ0n) is 13.7. The molecule has 2 atom stereocenters. The lowest BCUT2D eigenvalue weighted by molar-refractivity contribution is -0.122. The van der Waals surface area contributed by atoms with Crippen molar-refractivity contribution in [2.45, 2.75) is 52.1 Å². The molecular formula is C18H28N2O2. The van der Waals surface area contributed by atoms with Crippen molar-refractivity contribution in [3.63, 3.8) is 0 Å². The van der Waals surface area contributed by atoms with Gasteiger partial charge in [0.25, 0.3) is 0 Å². The molecule has 4 heteroatoms. The van der Waals surface area contributed by atoms with Gasteiger partial charge in [0, 0.05) is 24.6 Å². The lowest BCUT2D eigenvalue weighted by Crippen LogP contribution is -2.31. The maximum Gasteiger partial charge on any atom is 0.220 e. The third-order valence-electron chi connectivity index (χ3n) is 4.19. The first-order chi connectivity index (χ1) is 10.6. The number of rotatable bonds is 7. The van der Waals surface area contributed by atoms with E-state index in [0.29, 0.717) is 31.4 Å². The van der Waals surface area contributed by atoms with Crippen LogP contribution in [0, 0.1) is 11.8 Å². The Balaban J connectivity index is 1.84. The molecule has 22 heavy (non-hydrogen) atoms. The molecule has 2 rings (SSSR count). The van der Waals surface area contributed by atoms with Gasteiger partial charge in [-0.15, -0.1) is 0 Å². The van der Waals surface area contributed by atoms with Gasteiger partial charge in [-0.05, 0) is 30.7 Å². The van der Waals surface area contributed by atoms with Gasteiger partial charge in [0.15, 0.2) is 0 Å². The average molecular weight is 304 g/mol. The Kier molecular flexibility index (Phi) is 6.25. The molecule has 0 heterocycles. The minimum atomic E-state index is 0.0843. The Morgan fingerprint density at radius 2 is 2.14 bits per heavy atom. The van der Waals surface area contributed by atoms with Crippen molar-refractivity contribution in [2.24, 2.45) is 17.6 Å². The second-order valence-electron chi connectivity index (χ2n) is 6.65. The van der Waals surface area contributed by atoms with Crippen molar-refractivity contribution in [3.8, 4) is 5.75 Å². The number of nitrogens with one attached hydrogen (secondary N) is 1. The smallest absolute Gasteiger partial charge is 0.220 e. The van der Waals surface area contributed by atoms with Crippen LogP contribution in [0.15, 0.2) is 24.3 Å². The van der Waals surface area contributed by atoms with Crippen LogP contribution in [0.4, 0.5) is 0 Å². The highest BCUT2D eigenvalue weighted by Gasteiger charge is 2.25. The highest BCUT2D eigenvalue weighted by molar-refractivity contribution is 5.76. The van der Waals surface area contributed by atoms with E-state index in [1.54, 1.807) is 0 Å². The Hall–Kier alpha value is -1.55. The van der Waals surface area contributed by atoms with Crippen molar-refractivity contribution >= 4 is 5.91 Å². The first-order valence-electron chi connectivity index (χ1n) is 8.29. The van der Waals surface area contributed by atoms with E-state index in [9.17, 15) is 4.79 Å². The third kappa shape index (κ3) is 5.02.